The summed E-state index contributed by atoms with van der Waals surface area (Å²) >= 11 is 0. The van der Waals surface area contributed by atoms with Crippen molar-refractivity contribution in [3.8, 4) is 22.5 Å². The standard InChI is InChI=1S/C23H20N4O2/c1-15-4-3-5-20(14-15)21-26-23(29-27-21)16(2)25-22(28)19-8-6-17(7-9-19)18-10-12-24-13-11-18/h3-14,16H,1-2H3,(H,25,28). The van der Waals surface area contributed by atoms with Crippen molar-refractivity contribution in [1.29, 1.82) is 0 Å². The SMILES string of the molecule is Cc1cccc(-c2noc(C(C)NC(=O)c3ccc(-c4ccncc4)cc3)n2)c1. The first-order valence-electron chi connectivity index (χ1n) is 9.32. The van der Waals surface area contributed by atoms with Crippen molar-refractivity contribution in [1.82, 2.24) is 20.4 Å². The lowest BCUT2D eigenvalue weighted by Crippen LogP contribution is -2.26. The van der Waals surface area contributed by atoms with Crippen LogP contribution in [0.4, 0.5) is 0 Å². The second-order valence-corrected chi connectivity index (χ2v) is 6.83. The molecule has 4 aromatic rings. The van der Waals surface area contributed by atoms with Gasteiger partial charge in [0.25, 0.3) is 5.91 Å². The van der Waals surface area contributed by atoms with Gasteiger partial charge in [-0.1, -0.05) is 41.1 Å². The summed E-state index contributed by atoms with van der Waals surface area (Å²) in [5.74, 6) is 0.670. The van der Waals surface area contributed by atoms with Crippen molar-refractivity contribution in [2.24, 2.45) is 0 Å². The van der Waals surface area contributed by atoms with Crippen molar-refractivity contribution in [2.75, 3.05) is 0 Å². The van der Waals surface area contributed by atoms with Gasteiger partial charge in [-0.3, -0.25) is 9.78 Å². The van der Waals surface area contributed by atoms with Crippen LogP contribution in [-0.4, -0.2) is 21.0 Å². The largest absolute Gasteiger partial charge is 0.341 e. The van der Waals surface area contributed by atoms with Crippen LogP contribution in [0.15, 0.2) is 77.6 Å². The number of benzene rings is 2. The number of aryl methyl sites for hydroxylation is 1. The molecule has 0 saturated carbocycles. The van der Waals surface area contributed by atoms with Gasteiger partial charge in [-0.05, 0) is 55.3 Å². The zero-order valence-electron chi connectivity index (χ0n) is 16.2. The number of carbonyl (C=O) groups is 1. The van der Waals surface area contributed by atoms with Gasteiger partial charge in [-0.15, -0.1) is 0 Å². The van der Waals surface area contributed by atoms with Crippen molar-refractivity contribution < 1.29 is 9.32 Å². The lowest BCUT2D eigenvalue weighted by Gasteiger charge is -2.10. The minimum atomic E-state index is -0.409. The summed E-state index contributed by atoms with van der Waals surface area (Å²) in [5, 5.41) is 6.93. The third-order valence-electron chi connectivity index (χ3n) is 4.60. The van der Waals surface area contributed by atoms with Gasteiger partial charge >= 0.3 is 0 Å². The molecule has 0 bridgehead atoms. The Bertz CT molecular complexity index is 1120. The monoisotopic (exact) mass is 384 g/mol. The Labute approximate surface area is 168 Å². The van der Waals surface area contributed by atoms with E-state index in [1.807, 2.05) is 62.4 Å². The third-order valence-corrected chi connectivity index (χ3v) is 4.60. The van der Waals surface area contributed by atoms with Crippen LogP contribution in [-0.2, 0) is 0 Å². The second kappa shape index (κ2) is 8.06. The van der Waals surface area contributed by atoms with E-state index >= 15 is 0 Å². The van der Waals surface area contributed by atoms with Gasteiger partial charge in [-0.2, -0.15) is 4.98 Å². The quantitative estimate of drug-likeness (QED) is 0.544. The molecule has 29 heavy (non-hydrogen) atoms. The molecule has 4 rings (SSSR count). The van der Waals surface area contributed by atoms with Crippen molar-refractivity contribution >= 4 is 5.91 Å². The van der Waals surface area contributed by atoms with Crippen LogP contribution in [0.5, 0.6) is 0 Å². The average molecular weight is 384 g/mol. The van der Waals surface area contributed by atoms with E-state index in [2.05, 4.69) is 20.4 Å². The molecule has 2 aromatic carbocycles. The number of hydrogen-bond acceptors (Lipinski definition) is 5. The molecule has 1 N–H and O–H groups in total. The predicted molar refractivity (Wildman–Crippen MR) is 110 cm³/mol. The van der Waals surface area contributed by atoms with Crippen LogP contribution in [0.1, 0.15) is 34.8 Å². The number of nitrogens with one attached hydrogen (secondary N) is 1. The van der Waals surface area contributed by atoms with Crippen molar-refractivity contribution in [3.05, 3.63) is 90.1 Å². The summed E-state index contributed by atoms with van der Waals surface area (Å²) in [7, 11) is 0. The summed E-state index contributed by atoms with van der Waals surface area (Å²) in [6.45, 7) is 3.82. The number of nitrogens with zero attached hydrogens (tertiary/aromatic N) is 3. The molecule has 144 valence electrons. The molecule has 0 saturated heterocycles. The molecule has 2 heterocycles. The molecule has 1 atom stereocenters. The van der Waals surface area contributed by atoms with E-state index in [-0.39, 0.29) is 5.91 Å². The maximum Gasteiger partial charge on any atom is 0.251 e. The molecule has 0 spiro atoms. The molecule has 1 unspecified atom stereocenters. The summed E-state index contributed by atoms with van der Waals surface area (Å²) in [4.78, 5) is 21.0. The van der Waals surface area contributed by atoms with Crippen LogP contribution in [0.2, 0.25) is 0 Å². The van der Waals surface area contributed by atoms with Gasteiger partial charge in [0.15, 0.2) is 0 Å². The normalized spacial score (nSPS) is 11.8. The van der Waals surface area contributed by atoms with E-state index < -0.39 is 6.04 Å². The molecule has 1 amide bonds. The van der Waals surface area contributed by atoms with Gasteiger partial charge in [0.1, 0.15) is 6.04 Å². The van der Waals surface area contributed by atoms with Crippen LogP contribution in [0.3, 0.4) is 0 Å². The molecule has 0 fully saturated rings. The number of pyridine rings is 1. The third kappa shape index (κ3) is 4.21. The minimum absolute atomic E-state index is 0.200. The fourth-order valence-electron chi connectivity index (χ4n) is 3.01. The Morgan fingerprint density at radius 2 is 1.69 bits per heavy atom. The summed E-state index contributed by atoms with van der Waals surface area (Å²) < 4.78 is 5.35. The molecule has 0 aliphatic heterocycles. The average Bonchev–Trinajstić information content (AvgIpc) is 3.25. The van der Waals surface area contributed by atoms with Gasteiger partial charge in [-0.25, -0.2) is 0 Å². The van der Waals surface area contributed by atoms with Crippen LogP contribution < -0.4 is 5.32 Å². The minimum Gasteiger partial charge on any atom is -0.341 e. The Balaban J connectivity index is 1.44. The fraction of sp³-hybridized carbons (Fsp3) is 0.130. The van der Waals surface area contributed by atoms with E-state index in [4.69, 9.17) is 4.52 Å². The number of rotatable bonds is 5. The van der Waals surface area contributed by atoms with Gasteiger partial charge < -0.3 is 9.84 Å². The number of hydrogen-bond donors (Lipinski definition) is 1. The molecule has 0 aliphatic rings. The number of aromatic nitrogens is 3. The Morgan fingerprint density at radius 3 is 2.41 bits per heavy atom. The van der Waals surface area contributed by atoms with E-state index in [1.165, 1.54) is 0 Å². The predicted octanol–water partition coefficient (Wildman–Crippen LogP) is 4.60. The fourth-order valence-corrected chi connectivity index (χ4v) is 3.01. The van der Waals surface area contributed by atoms with Crippen molar-refractivity contribution in [3.63, 3.8) is 0 Å². The molecular weight excluding hydrogens is 364 g/mol. The summed E-state index contributed by atoms with van der Waals surface area (Å²) in [6.07, 6.45) is 3.49. The van der Waals surface area contributed by atoms with Crippen LogP contribution in [0.25, 0.3) is 22.5 Å². The Kier molecular flexibility index (Phi) is 5.16. The Hall–Kier alpha value is -3.80. The summed E-state index contributed by atoms with van der Waals surface area (Å²) in [6, 6.07) is 18.7. The highest BCUT2D eigenvalue weighted by atomic mass is 16.5. The van der Waals surface area contributed by atoms with E-state index in [1.54, 1.807) is 24.5 Å². The maximum atomic E-state index is 12.6. The first kappa shape index (κ1) is 18.6. The first-order valence-corrected chi connectivity index (χ1v) is 9.32. The molecule has 0 aliphatic carbocycles. The van der Waals surface area contributed by atoms with Crippen molar-refractivity contribution in [2.45, 2.75) is 19.9 Å². The molecular formula is C23H20N4O2. The van der Waals surface area contributed by atoms with Gasteiger partial charge in [0.05, 0.1) is 0 Å². The zero-order valence-corrected chi connectivity index (χ0v) is 16.2. The van der Waals surface area contributed by atoms with Crippen LogP contribution >= 0.6 is 0 Å². The molecule has 6 heteroatoms. The number of amides is 1. The first-order chi connectivity index (χ1) is 14.1. The molecule has 2 aromatic heterocycles. The van der Waals surface area contributed by atoms with Gasteiger partial charge in [0.2, 0.25) is 11.7 Å². The van der Waals surface area contributed by atoms with E-state index in [9.17, 15) is 4.79 Å². The second-order valence-electron chi connectivity index (χ2n) is 6.83. The lowest BCUT2D eigenvalue weighted by atomic mass is 10.0. The maximum absolute atomic E-state index is 12.6. The number of carbonyl (C=O) groups excluding carboxylic acids is 1. The zero-order chi connectivity index (χ0) is 20.2. The summed E-state index contributed by atoms with van der Waals surface area (Å²) in [5.41, 5.74) is 4.63. The highest BCUT2D eigenvalue weighted by molar-refractivity contribution is 5.94. The highest BCUT2D eigenvalue weighted by Crippen LogP contribution is 2.21. The van der Waals surface area contributed by atoms with Gasteiger partial charge in [0, 0.05) is 23.5 Å². The van der Waals surface area contributed by atoms with Crippen LogP contribution in [0, 0.1) is 6.92 Å². The van der Waals surface area contributed by atoms with E-state index in [0.717, 1.165) is 22.3 Å². The topological polar surface area (TPSA) is 80.9 Å². The van der Waals surface area contributed by atoms with E-state index in [0.29, 0.717) is 17.3 Å². The molecule has 6 nitrogen and oxygen atoms in total. The molecule has 0 radical (unpaired) electrons. The highest BCUT2D eigenvalue weighted by Gasteiger charge is 2.18. The lowest BCUT2D eigenvalue weighted by molar-refractivity contribution is 0.0932. The smallest absolute Gasteiger partial charge is 0.251 e. The Morgan fingerprint density at radius 1 is 0.966 bits per heavy atom.